The highest BCUT2D eigenvalue weighted by molar-refractivity contribution is 7.91. The molecule has 0 aliphatic carbocycles. The topological polar surface area (TPSA) is 66.5 Å². The van der Waals surface area contributed by atoms with Crippen LogP contribution < -0.4 is 5.32 Å². The van der Waals surface area contributed by atoms with Gasteiger partial charge in [0.05, 0.1) is 12.3 Å². The van der Waals surface area contributed by atoms with Crippen LogP contribution in [0.3, 0.4) is 0 Å². The highest BCUT2D eigenvalue weighted by Crippen LogP contribution is 2.24. The van der Waals surface area contributed by atoms with E-state index in [9.17, 15) is 22.0 Å². The largest absolute Gasteiger partial charge is 0.335 e. The second-order valence-corrected chi connectivity index (χ2v) is 8.11. The fourth-order valence-electron chi connectivity index (χ4n) is 2.61. The number of fused-ring (bicyclic) bond motifs is 1. The average Bonchev–Trinajstić information content (AvgIpc) is 2.50. The smallest absolute Gasteiger partial charge is 0.317 e. The molecule has 0 fully saturated rings. The second kappa shape index (κ2) is 6.82. The quantitative estimate of drug-likeness (QED) is 0.905. The first kappa shape index (κ1) is 17.7. The Balaban J connectivity index is 2.04. The highest BCUT2D eigenvalue weighted by atomic mass is 32.2. The van der Waals surface area contributed by atoms with Gasteiger partial charge in [0, 0.05) is 23.9 Å². The fourth-order valence-corrected chi connectivity index (χ4v) is 3.69. The van der Waals surface area contributed by atoms with Crippen LogP contribution >= 0.6 is 0 Å². The van der Waals surface area contributed by atoms with E-state index in [2.05, 4.69) is 5.32 Å². The van der Waals surface area contributed by atoms with Crippen molar-refractivity contribution in [3.63, 3.8) is 0 Å². The highest BCUT2D eigenvalue weighted by Gasteiger charge is 2.26. The molecule has 0 saturated heterocycles. The van der Waals surface area contributed by atoms with Crippen molar-refractivity contribution >= 4 is 15.9 Å². The van der Waals surface area contributed by atoms with Crippen molar-refractivity contribution in [2.75, 3.05) is 18.1 Å². The van der Waals surface area contributed by atoms with E-state index < -0.39 is 33.5 Å². The number of sulfone groups is 1. The number of hydrogen-bond donors (Lipinski definition) is 1. The summed E-state index contributed by atoms with van der Waals surface area (Å²) in [6.45, 7) is 3.37. The summed E-state index contributed by atoms with van der Waals surface area (Å²) >= 11 is 0. The number of rotatable bonds is 4. The van der Waals surface area contributed by atoms with Crippen molar-refractivity contribution in [2.24, 2.45) is 0 Å². The third kappa shape index (κ3) is 4.19. The summed E-state index contributed by atoms with van der Waals surface area (Å²) < 4.78 is 50.6. The molecule has 128 valence electrons. The van der Waals surface area contributed by atoms with E-state index in [0.717, 1.165) is 12.1 Å². The SMILES string of the molecule is CCS(=O)(=O)C[C@H](C)NC(=O)N1CCc2c(F)ccc(F)c2C1. The van der Waals surface area contributed by atoms with Crippen molar-refractivity contribution in [2.45, 2.75) is 32.9 Å². The number of nitrogens with zero attached hydrogens (tertiary/aromatic N) is 1. The van der Waals surface area contributed by atoms with Gasteiger partial charge in [0.15, 0.2) is 9.84 Å². The molecule has 1 aliphatic heterocycles. The standard InChI is InChI=1S/C15H20F2N2O3S/c1-3-23(21,22)9-10(2)18-15(20)19-7-6-11-12(8-19)14(17)5-4-13(11)16/h4-5,10H,3,6-9H2,1-2H3,(H,18,20)/t10-/m0/s1. The van der Waals surface area contributed by atoms with E-state index in [1.807, 2.05) is 0 Å². The normalized spacial score (nSPS) is 15.9. The molecule has 2 rings (SSSR count). The number of urea groups is 1. The molecule has 1 atom stereocenters. The monoisotopic (exact) mass is 346 g/mol. The summed E-state index contributed by atoms with van der Waals surface area (Å²) in [5.74, 6) is -1.15. The summed E-state index contributed by atoms with van der Waals surface area (Å²) in [7, 11) is -3.20. The van der Waals surface area contributed by atoms with E-state index in [4.69, 9.17) is 0 Å². The summed E-state index contributed by atoms with van der Waals surface area (Å²) in [4.78, 5) is 13.6. The number of benzene rings is 1. The molecular weight excluding hydrogens is 326 g/mol. The molecule has 0 bridgehead atoms. The summed E-state index contributed by atoms with van der Waals surface area (Å²) in [5.41, 5.74) is 0.482. The number of hydrogen-bond acceptors (Lipinski definition) is 3. The number of halogens is 2. The van der Waals surface area contributed by atoms with Crippen molar-refractivity contribution in [3.8, 4) is 0 Å². The third-order valence-corrected chi connectivity index (χ3v) is 5.79. The van der Waals surface area contributed by atoms with Crippen molar-refractivity contribution in [3.05, 3.63) is 34.9 Å². The molecule has 1 aromatic rings. The van der Waals surface area contributed by atoms with Gasteiger partial charge in [-0.1, -0.05) is 6.92 Å². The summed E-state index contributed by atoms with van der Waals surface area (Å²) in [5, 5.41) is 2.60. The average molecular weight is 346 g/mol. The zero-order valence-electron chi connectivity index (χ0n) is 13.1. The van der Waals surface area contributed by atoms with Gasteiger partial charge >= 0.3 is 6.03 Å². The lowest BCUT2D eigenvalue weighted by molar-refractivity contribution is 0.188. The van der Waals surface area contributed by atoms with Crippen LogP contribution in [0.1, 0.15) is 25.0 Å². The Labute approximate surface area is 134 Å². The lowest BCUT2D eigenvalue weighted by Gasteiger charge is -2.30. The molecule has 0 saturated carbocycles. The maximum Gasteiger partial charge on any atom is 0.317 e. The van der Waals surface area contributed by atoms with Crippen LogP contribution in [0.2, 0.25) is 0 Å². The van der Waals surface area contributed by atoms with Crippen molar-refractivity contribution in [1.82, 2.24) is 10.2 Å². The fraction of sp³-hybridized carbons (Fsp3) is 0.533. The van der Waals surface area contributed by atoms with Crippen LogP contribution in [0.4, 0.5) is 13.6 Å². The molecule has 5 nitrogen and oxygen atoms in total. The van der Waals surface area contributed by atoms with Crippen LogP contribution in [-0.2, 0) is 22.8 Å². The molecule has 0 unspecified atom stereocenters. The molecule has 23 heavy (non-hydrogen) atoms. The third-order valence-electron chi connectivity index (χ3n) is 3.90. The number of carbonyl (C=O) groups is 1. The minimum absolute atomic E-state index is 0.00872. The van der Waals surface area contributed by atoms with Crippen LogP contribution in [-0.4, -0.2) is 43.4 Å². The zero-order chi connectivity index (χ0) is 17.2. The minimum atomic E-state index is -3.20. The van der Waals surface area contributed by atoms with Gasteiger partial charge in [-0.15, -0.1) is 0 Å². The molecule has 8 heteroatoms. The first-order valence-corrected chi connectivity index (χ1v) is 9.27. The van der Waals surface area contributed by atoms with E-state index in [1.54, 1.807) is 13.8 Å². The Kier molecular flexibility index (Phi) is 5.23. The maximum atomic E-state index is 13.8. The van der Waals surface area contributed by atoms with E-state index in [1.165, 1.54) is 4.90 Å². The first-order chi connectivity index (χ1) is 10.7. The molecule has 1 aliphatic rings. The van der Waals surface area contributed by atoms with E-state index in [0.29, 0.717) is 5.56 Å². The summed E-state index contributed by atoms with van der Waals surface area (Å²) in [6, 6.07) is 1.11. The lowest BCUT2D eigenvalue weighted by Crippen LogP contribution is -2.48. The Morgan fingerprint density at radius 2 is 1.91 bits per heavy atom. The molecule has 1 N–H and O–H groups in total. The van der Waals surface area contributed by atoms with Crippen molar-refractivity contribution < 1.29 is 22.0 Å². The molecule has 1 heterocycles. The van der Waals surface area contributed by atoms with E-state index in [-0.39, 0.29) is 36.6 Å². The Morgan fingerprint density at radius 1 is 1.30 bits per heavy atom. The Hall–Kier alpha value is -1.70. The zero-order valence-corrected chi connectivity index (χ0v) is 13.9. The van der Waals surface area contributed by atoms with Crippen LogP contribution in [0.25, 0.3) is 0 Å². The predicted molar refractivity (Wildman–Crippen MR) is 82.8 cm³/mol. The summed E-state index contributed by atoms with van der Waals surface area (Å²) in [6.07, 6.45) is 0.230. The molecule has 0 spiro atoms. The number of amides is 2. The maximum absolute atomic E-state index is 13.8. The lowest BCUT2D eigenvalue weighted by atomic mass is 9.99. The van der Waals surface area contributed by atoms with Gasteiger partial charge in [0.1, 0.15) is 11.6 Å². The van der Waals surface area contributed by atoms with Crippen LogP contribution in [0.5, 0.6) is 0 Å². The predicted octanol–water partition coefficient (Wildman–Crippen LogP) is 1.86. The van der Waals surface area contributed by atoms with Crippen molar-refractivity contribution in [1.29, 1.82) is 0 Å². The Morgan fingerprint density at radius 3 is 2.52 bits per heavy atom. The number of carbonyl (C=O) groups excluding carboxylic acids is 1. The van der Waals surface area contributed by atoms with Gasteiger partial charge in [-0.25, -0.2) is 22.0 Å². The first-order valence-electron chi connectivity index (χ1n) is 7.45. The Bertz CT molecular complexity index is 707. The molecular formula is C15H20F2N2O3S. The molecule has 1 aromatic carbocycles. The van der Waals surface area contributed by atoms with Gasteiger partial charge < -0.3 is 10.2 Å². The van der Waals surface area contributed by atoms with Gasteiger partial charge in [-0.05, 0) is 31.0 Å². The van der Waals surface area contributed by atoms with Crippen LogP contribution in [0.15, 0.2) is 12.1 Å². The molecule has 0 aromatic heterocycles. The second-order valence-electron chi connectivity index (χ2n) is 5.71. The van der Waals surface area contributed by atoms with Crippen LogP contribution in [0, 0.1) is 11.6 Å². The van der Waals surface area contributed by atoms with E-state index >= 15 is 0 Å². The minimum Gasteiger partial charge on any atom is -0.335 e. The molecule has 0 radical (unpaired) electrons. The number of nitrogens with one attached hydrogen (secondary N) is 1. The van der Waals surface area contributed by atoms with Gasteiger partial charge in [0.25, 0.3) is 0 Å². The van der Waals surface area contributed by atoms with Gasteiger partial charge in [-0.2, -0.15) is 0 Å². The van der Waals surface area contributed by atoms with Gasteiger partial charge in [-0.3, -0.25) is 0 Å². The van der Waals surface area contributed by atoms with Gasteiger partial charge in [0.2, 0.25) is 0 Å². The molecule has 2 amide bonds.